The SMILES string of the molecule is Cc1cccc(Nc2ccnc3c2CNC(=O)N3)c1. The molecule has 1 aliphatic heterocycles. The highest BCUT2D eigenvalue weighted by atomic mass is 16.2. The van der Waals surface area contributed by atoms with Crippen LogP contribution < -0.4 is 16.0 Å². The second-order valence-electron chi connectivity index (χ2n) is 4.49. The minimum Gasteiger partial charge on any atom is -0.355 e. The molecule has 0 aliphatic carbocycles. The van der Waals surface area contributed by atoms with Crippen LogP contribution in [0.2, 0.25) is 0 Å². The smallest absolute Gasteiger partial charge is 0.320 e. The number of amides is 2. The summed E-state index contributed by atoms with van der Waals surface area (Å²) < 4.78 is 0. The molecule has 5 nitrogen and oxygen atoms in total. The van der Waals surface area contributed by atoms with Crippen LogP contribution in [0.3, 0.4) is 0 Å². The number of pyridine rings is 1. The maximum absolute atomic E-state index is 11.3. The number of urea groups is 1. The quantitative estimate of drug-likeness (QED) is 0.772. The fraction of sp³-hybridized carbons (Fsp3) is 0.143. The van der Waals surface area contributed by atoms with E-state index in [1.54, 1.807) is 6.20 Å². The van der Waals surface area contributed by atoms with Crippen molar-refractivity contribution in [1.29, 1.82) is 0 Å². The summed E-state index contributed by atoms with van der Waals surface area (Å²) in [5.41, 5.74) is 4.12. The molecule has 0 atom stereocenters. The van der Waals surface area contributed by atoms with E-state index in [4.69, 9.17) is 0 Å². The van der Waals surface area contributed by atoms with E-state index in [1.165, 1.54) is 5.56 Å². The molecule has 1 aromatic heterocycles. The van der Waals surface area contributed by atoms with Crippen LogP contribution >= 0.6 is 0 Å². The van der Waals surface area contributed by atoms with Crippen molar-refractivity contribution in [3.63, 3.8) is 0 Å². The lowest BCUT2D eigenvalue weighted by molar-refractivity contribution is 0.250. The Kier molecular flexibility index (Phi) is 2.79. The van der Waals surface area contributed by atoms with Gasteiger partial charge in [-0.25, -0.2) is 9.78 Å². The first-order chi connectivity index (χ1) is 9.22. The van der Waals surface area contributed by atoms with Gasteiger partial charge in [-0.2, -0.15) is 0 Å². The Bertz CT molecular complexity index is 639. The molecule has 96 valence electrons. The van der Waals surface area contributed by atoms with Gasteiger partial charge in [-0.05, 0) is 30.7 Å². The number of anilines is 3. The third-order valence-corrected chi connectivity index (χ3v) is 3.01. The van der Waals surface area contributed by atoms with Gasteiger partial charge in [0.15, 0.2) is 0 Å². The van der Waals surface area contributed by atoms with E-state index in [0.29, 0.717) is 12.4 Å². The van der Waals surface area contributed by atoms with Crippen molar-refractivity contribution in [3.8, 4) is 0 Å². The number of aromatic nitrogens is 1. The maximum atomic E-state index is 11.3. The van der Waals surface area contributed by atoms with Gasteiger partial charge in [0.1, 0.15) is 5.82 Å². The molecule has 2 aromatic rings. The van der Waals surface area contributed by atoms with Crippen molar-refractivity contribution in [1.82, 2.24) is 10.3 Å². The van der Waals surface area contributed by atoms with E-state index in [0.717, 1.165) is 16.9 Å². The number of hydrogen-bond acceptors (Lipinski definition) is 3. The van der Waals surface area contributed by atoms with Gasteiger partial charge in [0.05, 0.1) is 6.54 Å². The van der Waals surface area contributed by atoms with Gasteiger partial charge in [-0.3, -0.25) is 5.32 Å². The monoisotopic (exact) mass is 254 g/mol. The molecule has 2 heterocycles. The number of hydrogen-bond donors (Lipinski definition) is 3. The average molecular weight is 254 g/mol. The number of fused-ring (bicyclic) bond motifs is 1. The molecule has 5 heteroatoms. The highest BCUT2D eigenvalue weighted by Gasteiger charge is 2.17. The summed E-state index contributed by atoms with van der Waals surface area (Å²) in [6.07, 6.45) is 1.68. The van der Waals surface area contributed by atoms with Crippen LogP contribution in [0.1, 0.15) is 11.1 Å². The van der Waals surface area contributed by atoms with Crippen LogP contribution in [-0.4, -0.2) is 11.0 Å². The average Bonchev–Trinajstić information content (AvgIpc) is 2.38. The molecule has 0 unspecified atom stereocenters. The summed E-state index contributed by atoms with van der Waals surface area (Å²) in [4.78, 5) is 15.4. The first-order valence-electron chi connectivity index (χ1n) is 6.09. The Morgan fingerprint density at radius 3 is 3.05 bits per heavy atom. The van der Waals surface area contributed by atoms with Gasteiger partial charge < -0.3 is 10.6 Å². The van der Waals surface area contributed by atoms with Crippen LogP contribution in [0.15, 0.2) is 36.5 Å². The molecule has 1 aliphatic rings. The maximum Gasteiger partial charge on any atom is 0.320 e. The van der Waals surface area contributed by atoms with E-state index in [9.17, 15) is 4.79 Å². The highest BCUT2D eigenvalue weighted by molar-refractivity contribution is 5.92. The van der Waals surface area contributed by atoms with Crippen LogP contribution in [0.25, 0.3) is 0 Å². The molecule has 3 rings (SSSR count). The lowest BCUT2D eigenvalue weighted by atomic mass is 10.1. The van der Waals surface area contributed by atoms with E-state index in [2.05, 4.69) is 40.0 Å². The fourth-order valence-corrected chi connectivity index (χ4v) is 2.09. The summed E-state index contributed by atoms with van der Waals surface area (Å²) in [5, 5.41) is 8.80. The molecule has 0 saturated carbocycles. The normalized spacial score (nSPS) is 13.2. The number of aryl methyl sites for hydroxylation is 1. The number of rotatable bonds is 2. The standard InChI is InChI=1S/C14H14N4O/c1-9-3-2-4-10(7-9)17-12-5-6-15-13-11(12)8-16-14(19)18-13/h2-7H,8H2,1H3,(H3,15,16,17,18,19). The molecule has 0 bridgehead atoms. The van der Waals surface area contributed by atoms with Gasteiger partial charge >= 0.3 is 6.03 Å². The number of carbonyl (C=O) groups is 1. The molecule has 0 radical (unpaired) electrons. The number of benzene rings is 1. The molecule has 1 aromatic carbocycles. The summed E-state index contributed by atoms with van der Waals surface area (Å²) in [7, 11) is 0. The van der Waals surface area contributed by atoms with Gasteiger partial charge in [-0.1, -0.05) is 12.1 Å². The van der Waals surface area contributed by atoms with Crippen molar-refractivity contribution < 1.29 is 4.79 Å². The van der Waals surface area contributed by atoms with Crippen LogP contribution in [0.5, 0.6) is 0 Å². The highest BCUT2D eigenvalue weighted by Crippen LogP contribution is 2.27. The summed E-state index contributed by atoms with van der Waals surface area (Å²) in [6, 6.07) is 9.82. The van der Waals surface area contributed by atoms with Crippen LogP contribution in [-0.2, 0) is 6.54 Å². The first kappa shape index (κ1) is 11.5. The lowest BCUT2D eigenvalue weighted by Crippen LogP contribution is -2.34. The summed E-state index contributed by atoms with van der Waals surface area (Å²) in [5.74, 6) is 0.612. The molecule has 2 amide bonds. The van der Waals surface area contributed by atoms with Gasteiger partial charge in [-0.15, -0.1) is 0 Å². The second kappa shape index (κ2) is 4.61. The third kappa shape index (κ3) is 2.35. The van der Waals surface area contributed by atoms with Crippen molar-refractivity contribution >= 4 is 23.2 Å². The first-order valence-corrected chi connectivity index (χ1v) is 6.09. The van der Waals surface area contributed by atoms with Crippen molar-refractivity contribution in [3.05, 3.63) is 47.7 Å². The summed E-state index contributed by atoms with van der Waals surface area (Å²) in [6.45, 7) is 2.53. The largest absolute Gasteiger partial charge is 0.355 e. The zero-order valence-electron chi connectivity index (χ0n) is 10.5. The molecule has 0 spiro atoms. The minimum atomic E-state index is -0.215. The topological polar surface area (TPSA) is 66.0 Å². The number of nitrogens with one attached hydrogen (secondary N) is 3. The van der Waals surface area contributed by atoms with E-state index >= 15 is 0 Å². The fourth-order valence-electron chi connectivity index (χ4n) is 2.09. The van der Waals surface area contributed by atoms with E-state index in [1.807, 2.05) is 18.2 Å². The second-order valence-corrected chi connectivity index (χ2v) is 4.49. The lowest BCUT2D eigenvalue weighted by Gasteiger charge is -2.20. The van der Waals surface area contributed by atoms with Crippen LogP contribution in [0, 0.1) is 6.92 Å². The molecule has 0 fully saturated rings. The molecular formula is C14H14N4O. The Labute approximate surface area is 111 Å². The summed E-state index contributed by atoms with van der Waals surface area (Å²) >= 11 is 0. The molecular weight excluding hydrogens is 240 g/mol. The Hall–Kier alpha value is -2.56. The number of carbonyl (C=O) groups excluding carboxylic acids is 1. The number of nitrogens with zero attached hydrogens (tertiary/aromatic N) is 1. The van der Waals surface area contributed by atoms with Gasteiger partial charge in [0.25, 0.3) is 0 Å². The Morgan fingerprint density at radius 1 is 1.32 bits per heavy atom. The predicted octanol–water partition coefficient (Wildman–Crippen LogP) is 2.77. The van der Waals surface area contributed by atoms with E-state index in [-0.39, 0.29) is 6.03 Å². The van der Waals surface area contributed by atoms with Crippen molar-refractivity contribution in [2.75, 3.05) is 10.6 Å². The van der Waals surface area contributed by atoms with Gasteiger partial charge in [0, 0.05) is 23.1 Å². The predicted molar refractivity (Wildman–Crippen MR) is 74.6 cm³/mol. The zero-order chi connectivity index (χ0) is 13.2. The van der Waals surface area contributed by atoms with Crippen LogP contribution in [0.4, 0.5) is 22.0 Å². The van der Waals surface area contributed by atoms with Gasteiger partial charge in [0.2, 0.25) is 0 Å². The molecule has 0 saturated heterocycles. The van der Waals surface area contributed by atoms with E-state index < -0.39 is 0 Å². The van der Waals surface area contributed by atoms with Crippen molar-refractivity contribution in [2.24, 2.45) is 0 Å². The third-order valence-electron chi connectivity index (χ3n) is 3.01. The zero-order valence-corrected chi connectivity index (χ0v) is 10.5. The Morgan fingerprint density at radius 2 is 2.21 bits per heavy atom. The molecule has 3 N–H and O–H groups in total. The molecule has 19 heavy (non-hydrogen) atoms. The van der Waals surface area contributed by atoms with Crippen molar-refractivity contribution in [2.45, 2.75) is 13.5 Å². The minimum absolute atomic E-state index is 0.215. The Balaban J connectivity index is 1.94.